The van der Waals surface area contributed by atoms with Crippen molar-refractivity contribution in [3.05, 3.63) is 144 Å². The summed E-state index contributed by atoms with van der Waals surface area (Å²) in [4.78, 5) is 55.5. The molecule has 350 valence electrons. The van der Waals surface area contributed by atoms with E-state index in [1.54, 1.807) is 109 Å². The number of benzene rings is 4. The van der Waals surface area contributed by atoms with Crippen molar-refractivity contribution in [3.8, 4) is 0 Å². The summed E-state index contributed by atoms with van der Waals surface area (Å²) in [5, 5.41) is -0.807. The van der Waals surface area contributed by atoms with Crippen LogP contribution in [0.25, 0.3) is 0 Å². The molecule has 0 unspecified atom stereocenters. The normalized spacial score (nSPS) is 17.3. The number of hydrogen-bond donors (Lipinski definition) is 0. The van der Waals surface area contributed by atoms with Gasteiger partial charge in [-0.2, -0.15) is 0 Å². The van der Waals surface area contributed by atoms with E-state index in [4.69, 9.17) is 18.9 Å². The van der Waals surface area contributed by atoms with E-state index < -0.39 is 52.0 Å². The summed E-state index contributed by atoms with van der Waals surface area (Å²) in [5.74, 6) is -2.39. The van der Waals surface area contributed by atoms with E-state index in [2.05, 4.69) is 18.2 Å². The SMILES string of the molecule is CCCCCCCCCCN(CCCCCCCCCC)S[C@@H]1S[C@@H]([C@@H](COC(=O)c2ccccc2)OC(=O)c2ccccc2)[C@H](OC(=O)c2ccccc2)[C@H]1OC(=O)c1ccccc1. The van der Waals surface area contributed by atoms with Crippen LogP contribution in [-0.4, -0.2) is 76.0 Å². The van der Waals surface area contributed by atoms with Gasteiger partial charge in [0.1, 0.15) is 11.2 Å². The van der Waals surface area contributed by atoms with Crippen LogP contribution in [-0.2, 0) is 18.9 Å². The lowest BCUT2D eigenvalue weighted by Gasteiger charge is -2.30. The van der Waals surface area contributed by atoms with Crippen molar-refractivity contribution in [3.63, 3.8) is 0 Å². The van der Waals surface area contributed by atoms with Crippen LogP contribution in [0.15, 0.2) is 121 Å². The first kappa shape index (κ1) is 51.4. The molecule has 1 saturated heterocycles. The first-order chi connectivity index (χ1) is 31.9. The van der Waals surface area contributed by atoms with Crippen LogP contribution in [0.5, 0.6) is 0 Å². The van der Waals surface area contributed by atoms with Gasteiger partial charge < -0.3 is 18.9 Å². The Morgan fingerprint density at radius 2 is 0.862 bits per heavy atom. The summed E-state index contributed by atoms with van der Waals surface area (Å²) >= 11 is 3.04. The Labute approximate surface area is 396 Å². The number of esters is 4. The molecular weight excluding hydrogens is 855 g/mol. The van der Waals surface area contributed by atoms with E-state index >= 15 is 0 Å². The molecule has 0 amide bonds. The van der Waals surface area contributed by atoms with Crippen molar-refractivity contribution < 1.29 is 38.1 Å². The topological polar surface area (TPSA) is 108 Å². The predicted octanol–water partition coefficient (Wildman–Crippen LogP) is 13.2. The molecule has 1 heterocycles. The highest BCUT2D eigenvalue weighted by atomic mass is 32.2. The molecule has 11 heteroatoms. The molecule has 1 aliphatic heterocycles. The summed E-state index contributed by atoms with van der Waals surface area (Å²) in [6, 6.07) is 34.6. The summed E-state index contributed by atoms with van der Waals surface area (Å²) < 4.78 is 27.0. The third kappa shape index (κ3) is 18.0. The molecule has 0 aromatic heterocycles. The lowest BCUT2D eigenvalue weighted by Crippen LogP contribution is -2.46. The van der Waals surface area contributed by atoms with Crippen LogP contribution >= 0.6 is 23.7 Å². The van der Waals surface area contributed by atoms with Crippen LogP contribution in [0, 0.1) is 0 Å². The fourth-order valence-electron chi connectivity index (χ4n) is 7.82. The van der Waals surface area contributed by atoms with E-state index in [9.17, 15) is 19.2 Å². The lowest BCUT2D eigenvalue weighted by atomic mass is 10.1. The van der Waals surface area contributed by atoms with Crippen LogP contribution in [0.1, 0.15) is 158 Å². The van der Waals surface area contributed by atoms with Gasteiger partial charge in [-0.05, 0) is 61.4 Å². The van der Waals surface area contributed by atoms with E-state index in [1.165, 1.54) is 88.8 Å². The monoisotopic (exact) mass is 923 g/mol. The molecule has 0 saturated carbocycles. The van der Waals surface area contributed by atoms with Crippen molar-refractivity contribution in [2.45, 2.75) is 145 Å². The molecule has 4 aromatic rings. The Balaban J connectivity index is 1.47. The third-order valence-electron chi connectivity index (χ3n) is 11.5. The zero-order chi connectivity index (χ0) is 45.9. The first-order valence-electron chi connectivity index (χ1n) is 23.9. The number of hydrogen-bond acceptors (Lipinski definition) is 11. The standard InChI is InChI=1S/C54H69NO8S2/c1-3-5-7-9-11-13-15-29-39-55(40-30-16-14-12-10-8-6-4-2)65-54-48(63-53(59)45-37-27-20-28-38-45)47(62-52(58)44-35-25-19-26-36-44)49(64-54)46(61-51(57)43-33-23-18-24-34-43)41-60-50(56)42-31-21-17-22-32-42/h17-28,31-38,46-49,54H,3-16,29-30,39-41H2,1-2H3/t46-,47-,48-,49+,54+/m1/s1. The smallest absolute Gasteiger partial charge is 0.338 e. The summed E-state index contributed by atoms with van der Waals surface area (Å²) in [7, 11) is 0. The van der Waals surface area contributed by atoms with Gasteiger partial charge in [-0.25, -0.2) is 23.5 Å². The number of carbonyl (C=O) groups is 4. The van der Waals surface area contributed by atoms with Gasteiger partial charge in [-0.15, -0.1) is 11.8 Å². The van der Waals surface area contributed by atoms with E-state index in [0.29, 0.717) is 22.3 Å². The van der Waals surface area contributed by atoms with Crippen molar-refractivity contribution in [1.29, 1.82) is 0 Å². The highest BCUT2D eigenvalue weighted by molar-refractivity contribution is 8.16. The average Bonchev–Trinajstić information content (AvgIpc) is 3.67. The van der Waals surface area contributed by atoms with Crippen LogP contribution in [0.2, 0.25) is 0 Å². The maximum Gasteiger partial charge on any atom is 0.338 e. The van der Waals surface area contributed by atoms with Crippen molar-refractivity contribution >= 4 is 47.6 Å². The second-order valence-corrected chi connectivity index (χ2v) is 19.6. The van der Waals surface area contributed by atoms with Crippen molar-refractivity contribution in [2.75, 3.05) is 19.7 Å². The first-order valence-corrected chi connectivity index (χ1v) is 25.7. The van der Waals surface area contributed by atoms with Gasteiger partial charge in [0.2, 0.25) is 0 Å². The minimum absolute atomic E-state index is 0.313. The van der Waals surface area contributed by atoms with Gasteiger partial charge >= 0.3 is 23.9 Å². The molecule has 65 heavy (non-hydrogen) atoms. The number of rotatable bonds is 30. The van der Waals surface area contributed by atoms with Crippen molar-refractivity contribution in [1.82, 2.24) is 4.31 Å². The zero-order valence-electron chi connectivity index (χ0n) is 38.4. The Bertz CT molecular complexity index is 1930. The Kier molecular flexibility index (Phi) is 23.6. The fourth-order valence-corrected chi connectivity index (χ4v) is 11.2. The van der Waals surface area contributed by atoms with Gasteiger partial charge in [0.25, 0.3) is 0 Å². The molecule has 0 spiro atoms. The molecular formula is C54H69NO8S2. The average molecular weight is 924 g/mol. The largest absolute Gasteiger partial charge is 0.458 e. The maximum absolute atomic E-state index is 14.1. The van der Waals surface area contributed by atoms with Gasteiger partial charge in [0.15, 0.2) is 18.3 Å². The molecule has 1 aliphatic rings. The Hall–Kier alpha value is -4.58. The highest BCUT2D eigenvalue weighted by Gasteiger charge is 2.54. The van der Waals surface area contributed by atoms with Gasteiger partial charge in [-0.1, -0.05) is 188 Å². The lowest BCUT2D eigenvalue weighted by molar-refractivity contribution is -0.0489. The van der Waals surface area contributed by atoms with E-state index in [-0.39, 0.29) is 6.61 Å². The molecule has 0 N–H and O–H groups in total. The molecule has 1 fully saturated rings. The number of thioether (sulfide) groups is 1. The number of ether oxygens (including phenoxy) is 4. The van der Waals surface area contributed by atoms with Gasteiger partial charge in [0.05, 0.1) is 27.5 Å². The quantitative estimate of drug-likeness (QED) is 0.0216. The minimum atomic E-state index is -1.11. The number of unbranched alkanes of at least 4 members (excludes halogenated alkanes) is 14. The second-order valence-electron chi connectivity index (χ2n) is 16.7. The van der Waals surface area contributed by atoms with Crippen LogP contribution in [0.4, 0.5) is 0 Å². The van der Waals surface area contributed by atoms with Crippen LogP contribution < -0.4 is 0 Å². The molecule has 0 radical (unpaired) electrons. The summed E-state index contributed by atoms with van der Waals surface area (Å²) in [6.07, 6.45) is 16.0. The molecule has 4 aromatic carbocycles. The maximum atomic E-state index is 14.1. The summed E-state index contributed by atoms with van der Waals surface area (Å²) in [5.41, 5.74) is 1.33. The van der Waals surface area contributed by atoms with Gasteiger partial charge in [-0.3, -0.25) is 0 Å². The zero-order valence-corrected chi connectivity index (χ0v) is 40.0. The number of carbonyl (C=O) groups excluding carboxylic acids is 4. The summed E-state index contributed by atoms with van der Waals surface area (Å²) in [6.45, 7) is 5.83. The molecule has 9 nitrogen and oxygen atoms in total. The number of nitrogens with zero attached hydrogens (tertiary/aromatic N) is 1. The van der Waals surface area contributed by atoms with E-state index in [0.717, 1.165) is 38.8 Å². The van der Waals surface area contributed by atoms with Crippen molar-refractivity contribution in [2.24, 2.45) is 0 Å². The van der Waals surface area contributed by atoms with Crippen LogP contribution in [0.3, 0.4) is 0 Å². The molecule has 0 bridgehead atoms. The molecule has 0 aliphatic carbocycles. The van der Waals surface area contributed by atoms with E-state index in [1.807, 2.05) is 24.3 Å². The molecule has 5 atom stereocenters. The fraction of sp³-hybridized carbons (Fsp3) is 0.481. The second kappa shape index (κ2) is 29.9. The highest BCUT2D eigenvalue weighted by Crippen LogP contribution is 2.47. The Morgan fingerprint density at radius 1 is 0.492 bits per heavy atom. The molecule has 5 rings (SSSR count). The Morgan fingerprint density at radius 3 is 1.29 bits per heavy atom. The predicted molar refractivity (Wildman–Crippen MR) is 263 cm³/mol. The third-order valence-corrected chi connectivity index (χ3v) is 14.7. The minimum Gasteiger partial charge on any atom is -0.458 e. The van der Waals surface area contributed by atoms with Gasteiger partial charge in [0, 0.05) is 13.1 Å².